The second kappa shape index (κ2) is 6.69. The van der Waals surface area contributed by atoms with Crippen LogP contribution in [0.5, 0.6) is 0 Å². The molecule has 0 aliphatic carbocycles. The largest absolute Gasteiger partial charge is 0.416 e. The van der Waals surface area contributed by atoms with Crippen LogP contribution in [0.1, 0.15) is 26.3 Å². The molecule has 22 heavy (non-hydrogen) atoms. The summed E-state index contributed by atoms with van der Waals surface area (Å²) in [4.78, 5) is 11.8. The van der Waals surface area contributed by atoms with Gasteiger partial charge in [-0.15, -0.1) is 0 Å². The highest BCUT2D eigenvalue weighted by molar-refractivity contribution is 5.81. The highest BCUT2D eigenvalue weighted by Crippen LogP contribution is 2.29. The van der Waals surface area contributed by atoms with Crippen LogP contribution in [0.15, 0.2) is 24.3 Å². The van der Waals surface area contributed by atoms with Crippen molar-refractivity contribution < 1.29 is 18.0 Å². The van der Waals surface area contributed by atoms with Crippen LogP contribution in [-0.2, 0) is 11.0 Å². The summed E-state index contributed by atoms with van der Waals surface area (Å²) in [5.74, 6) is -0.481. The molecule has 1 aromatic carbocycles. The van der Waals surface area contributed by atoms with Gasteiger partial charge in [-0.2, -0.15) is 18.4 Å². The molecular formula is C15H18F3N3O. The van der Waals surface area contributed by atoms with E-state index in [-0.39, 0.29) is 12.5 Å². The number of carbonyl (C=O) groups excluding carboxylic acids is 1. The van der Waals surface area contributed by atoms with Gasteiger partial charge in [-0.1, -0.05) is 13.8 Å². The maximum Gasteiger partial charge on any atom is 0.416 e. The van der Waals surface area contributed by atoms with Crippen LogP contribution in [-0.4, -0.2) is 18.0 Å². The molecule has 0 saturated carbocycles. The van der Waals surface area contributed by atoms with E-state index < -0.39 is 23.2 Å². The van der Waals surface area contributed by atoms with E-state index in [0.717, 1.165) is 12.1 Å². The summed E-state index contributed by atoms with van der Waals surface area (Å²) in [5, 5.41) is 14.4. The van der Waals surface area contributed by atoms with Gasteiger partial charge in [-0.3, -0.25) is 4.79 Å². The lowest BCUT2D eigenvalue weighted by Gasteiger charge is -2.27. The van der Waals surface area contributed by atoms with Crippen LogP contribution >= 0.6 is 0 Å². The van der Waals surface area contributed by atoms with E-state index in [2.05, 4.69) is 10.6 Å². The summed E-state index contributed by atoms with van der Waals surface area (Å²) in [6.45, 7) is 5.11. The first-order chi connectivity index (χ1) is 10.1. The van der Waals surface area contributed by atoms with Gasteiger partial charge in [0.15, 0.2) is 0 Å². The molecule has 7 heteroatoms. The minimum atomic E-state index is -4.39. The van der Waals surface area contributed by atoms with Crippen molar-refractivity contribution in [3.63, 3.8) is 0 Å². The van der Waals surface area contributed by atoms with Crippen molar-refractivity contribution in [1.29, 1.82) is 5.26 Å². The van der Waals surface area contributed by atoms with Crippen LogP contribution < -0.4 is 10.6 Å². The van der Waals surface area contributed by atoms with E-state index in [4.69, 9.17) is 5.26 Å². The monoisotopic (exact) mass is 313 g/mol. The Kier molecular flexibility index (Phi) is 5.42. The molecule has 0 aromatic heterocycles. The minimum Gasteiger partial charge on any atom is -0.376 e. The number of nitriles is 1. The zero-order chi connectivity index (χ0) is 17.0. The number of hydrogen-bond donors (Lipinski definition) is 2. The number of amides is 1. The van der Waals surface area contributed by atoms with Gasteiger partial charge in [-0.05, 0) is 37.1 Å². The molecular weight excluding hydrogens is 295 g/mol. The van der Waals surface area contributed by atoms with Crippen LogP contribution in [0.3, 0.4) is 0 Å². The lowest BCUT2D eigenvalue weighted by Crippen LogP contribution is -2.50. The van der Waals surface area contributed by atoms with Crippen LogP contribution in [0, 0.1) is 17.2 Å². The Bertz CT molecular complexity index is 561. The number of nitrogens with one attached hydrogen (secondary N) is 2. The Morgan fingerprint density at radius 3 is 2.23 bits per heavy atom. The minimum absolute atomic E-state index is 0.0764. The van der Waals surface area contributed by atoms with E-state index in [9.17, 15) is 18.0 Å². The van der Waals surface area contributed by atoms with E-state index >= 15 is 0 Å². The molecule has 0 radical (unpaired) electrons. The third-order valence-electron chi connectivity index (χ3n) is 3.45. The Labute approximate surface area is 127 Å². The number of benzene rings is 1. The van der Waals surface area contributed by atoms with Crippen molar-refractivity contribution in [2.75, 3.05) is 11.9 Å². The molecule has 1 rings (SSSR count). The summed E-state index contributed by atoms with van der Waals surface area (Å²) >= 11 is 0. The molecule has 0 aliphatic heterocycles. The molecule has 0 fully saturated rings. The first-order valence-corrected chi connectivity index (χ1v) is 6.72. The number of anilines is 1. The molecule has 0 bridgehead atoms. The number of carbonyl (C=O) groups is 1. The highest BCUT2D eigenvalue weighted by Gasteiger charge is 2.30. The normalized spacial score (nSPS) is 14.1. The quantitative estimate of drug-likeness (QED) is 0.877. The fraction of sp³-hybridized carbons (Fsp3) is 0.467. The molecule has 2 N–H and O–H groups in total. The molecule has 0 saturated heterocycles. The summed E-state index contributed by atoms with van der Waals surface area (Å²) in [6.07, 6.45) is -4.39. The van der Waals surface area contributed by atoms with Crippen LogP contribution in [0.2, 0.25) is 0 Å². The van der Waals surface area contributed by atoms with Crippen molar-refractivity contribution in [2.45, 2.75) is 32.5 Å². The molecule has 0 heterocycles. The number of nitrogens with zero attached hydrogens (tertiary/aromatic N) is 1. The smallest absolute Gasteiger partial charge is 0.376 e. The van der Waals surface area contributed by atoms with E-state index in [0.29, 0.717) is 5.69 Å². The van der Waals surface area contributed by atoms with Crippen molar-refractivity contribution >= 4 is 11.6 Å². The van der Waals surface area contributed by atoms with Gasteiger partial charge in [0.1, 0.15) is 5.54 Å². The second-order valence-electron chi connectivity index (χ2n) is 5.45. The Morgan fingerprint density at radius 2 is 1.82 bits per heavy atom. The maximum atomic E-state index is 12.4. The Hall–Kier alpha value is -2.23. The lowest BCUT2D eigenvalue weighted by molar-refractivity contribution is -0.137. The molecule has 1 atom stereocenters. The van der Waals surface area contributed by atoms with E-state index in [1.54, 1.807) is 6.92 Å². The number of alkyl halides is 3. The van der Waals surface area contributed by atoms with Crippen LogP contribution in [0.4, 0.5) is 18.9 Å². The van der Waals surface area contributed by atoms with Crippen molar-refractivity contribution in [3.8, 4) is 6.07 Å². The van der Waals surface area contributed by atoms with Crippen LogP contribution in [0.25, 0.3) is 0 Å². The molecule has 0 spiro atoms. The molecule has 1 aromatic rings. The van der Waals surface area contributed by atoms with Gasteiger partial charge >= 0.3 is 6.18 Å². The van der Waals surface area contributed by atoms with Gasteiger partial charge in [0, 0.05) is 5.69 Å². The van der Waals surface area contributed by atoms with Gasteiger partial charge in [-0.25, -0.2) is 0 Å². The van der Waals surface area contributed by atoms with E-state index in [1.807, 2.05) is 19.9 Å². The van der Waals surface area contributed by atoms with Crippen molar-refractivity contribution in [2.24, 2.45) is 5.92 Å². The van der Waals surface area contributed by atoms with Gasteiger partial charge < -0.3 is 10.6 Å². The molecule has 4 nitrogen and oxygen atoms in total. The zero-order valence-corrected chi connectivity index (χ0v) is 12.6. The fourth-order valence-electron chi connectivity index (χ4n) is 1.59. The predicted octanol–water partition coefficient (Wildman–Crippen LogP) is 3.17. The first-order valence-electron chi connectivity index (χ1n) is 6.72. The van der Waals surface area contributed by atoms with Crippen molar-refractivity contribution in [3.05, 3.63) is 29.8 Å². The SMILES string of the molecule is CC(C)C(C)(C#N)NC(=O)CNc1ccc(C(F)(F)F)cc1. The molecule has 1 amide bonds. The highest BCUT2D eigenvalue weighted by atomic mass is 19.4. The Morgan fingerprint density at radius 1 is 1.27 bits per heavy atom. The third kappa shape index (κ3) is 4.65. The molecule has 120 valence electrons. The molecule has 0 aliphatic rings. The average molecular weight is 313 g/mol. The predicted molar refractivity (Wildman–Crippen MR) is 76.9 cm³/mol. The number of rotatable bonds is 5. The maximum absolute atomic E-state index is 12.4. The number of hydrogen-bond acceptors (Lipinski definition) is 3. The molecule has 1 unspecified atom stereocenters. The van der Waals surface area contributed by atoms with Gasteiger partial charge in [0.05, 0.1) is 18.2 Å². The van der Waals surface area contributed by atoms with Gasteiger partial charge in [0.2, 0.25) is 5.91 Å². The van der Waals surface area contributed by atoms with E-state index in [1.165, 1.54) is 12.1 Å². The second-order valence-corrected chi connectivity index (χ2v) is 5.45. The summed E-state index contributed by atoms with van der Waals surface area (Å²) in [6, 6.07) is 6.43. The topological polar surface area (TPSA) is 64.9 Å². The summed E-state index contributed by atoms with van der Waals surface area (Å²) < 4.78 is 37.3. The van der Waals surface area contributed by atoms with Gasteiger partial charge in [0.25, 0.3) is 0 Å². The lowest BCUT2D eigenvalue weighted by atomic mass is 9.90. The average Bonchev–Trinajstić information content (AvgIpc) is 2.44. The first kappa shape index (κ1) is 17.8. The standard InChI is InChI=1S/C15H18F3N3O/c1-10(2)14(3,9-19)21-13(22)8-20-12-6-4-11(5-7-12)15(16,17)18/h4-7,10,20H,8H2,1-3H3,(H,21,22). The zero-order valence-electron chi connectivity index (χ0n) is 12.6. The Balaban J connectivity index is 2.60. The number of halogens is 3. The summed E-state index contributed by atoms with van der Waals surface area (Å²) in [7, 11) is 0. The fourth-order valence-corrected chi connectivity index (χ4v) is 1.59. The summed E-state index contributed by atoms with van der Waals surface area (Å²) in [5.41, 5.74) is -1.34. The third-order valence-corrected chi connectivity index (χ3v) is 3.45. The van der Waals surface area contributed by atoms with Crippen molar-refractivity contribution in [1.82, 2.24) is 5.32 Å².